The minimum atomic E-state index is -0.885. The monoisotopic (exact) mass is 187 g/mol. The maximum absolute atomic E-state index is 10.8. The van der Waals surface area contributed by atoms with Gasteiger partial charge in [0.25, 0.3) is 0 Å². The summed E-state index contributed by atoms with van der Waals surface area (Å²) in [5.41, 5.74) is -0.605. The highest BCUT2D eigenvalue weighted by molar-refractivity contribution is 5.75. The molecule has 0 radical (unpaired) electrons. The summed E-state index contributed by atoms with van der Waals surface area (Å²) >= 11 is 0. The number of rotatable bonds is 5. The molecule has 0 fully saturated rings. The molecule has 1 amide bonds. The number of hydrogen-bond acceptors (Lipinski definition) is 2. The predicted octanol–water partition coefficient (Wildman–Crippen LogP) is 1.16. The minimum Gasteiger partial charge on any atom is -0.481 e. The average Bonchev–Trinajstić information content (AvgIpc) is 1.81. The van der Waals surface area contributed by atoms with Gasteiger partial charge in [-0.1, -0.05) is 13.3 Å². The van der Waals surface area contributed by atoms with E-state index in [2.05, 4.69) is 5.32 Å². The van der Waals surface area contributed by atoms with Gasteiger partial charge in [0.05, 0.1) is 6.42 Å². The van der Waals surface area contributed by atoms with Crippen LogP contribution in [0, 0.1) is 0 Å². The number of carboxylic acid groups (broad SMARTS) is 1. The first kappa shape index (κ1) is 11.9. The zero-order valence-corrected chi connectivity index (χ0v) is 8.39. The van der Waals surface area contributed by atoms with Gasteiger partial charge in [0.1, 0.15) is 0 Å². The molecule has 1 unspecified atom stereocenters. The third-order valence-electron chi connectivity index (χ3n) is 1.82. The van der Waals surface area contributed by atoms with E-state index in [1.807, 2.05) is 6.92 Å². The van der Waals surface area contributed by atoms with Crippen molar-refractivity contribution >= 4 is 11.9 Å². The fraction of sp³-hybridized carbons (Fsp3) is 0.778. The Morgan fingerprint density at radius 1 is 1.46 bits per heavy atom. The predicted molar refractivity (Wildman–Crippen MR) is 49.4 cm³/mol. The van der Waals surface area contributed by atoms with E-state index < -0.39 is 11.5 Å². The summed E-state index contributed by atoms with van der Waals surface area (Å²) in [5.74, 6) is -1.07. The maximum Gasteiger partial charge on any atom is 0.305 e. The van der Waals surface area contributed by atoms with E-state index in [1.165, 1.54) is 6.92 Å². The molecule has 4 nitrogen and oxygen atoms in total. The Labute approximate surface area is 78.3 Å². The molecule has 0 aromatic heterocycles. The van der Waals surface area contributed by atoms with Crippen LogP contribution in [0.25, 0.3) is 0 Å². The molecule has 1 atom stereocenters. The van der Waals surface area contributed by atoms with Gasteiger partial charge in [-0.25, -0.2) is 0 Å². The molecular weight excluding hydrogens is 170 g/mol. The van der Waals surface area contributed by atoms with Gasteiger partial charge >= 0.3 is 5.97 Å². The summed E-state index contributed by atoms with van der Waals surface area (Å²) in [6.45, 7) is 5.11. The third kappa shape index (κ3) is 5.22. The number of carboxylic acids is 1. The Morgan fingerprint density at radius 3 is 2.31 bits per heavy atom. The van der Waals surface area contributed by atoms with E-state index in [0.29, 0.717) is 6.42 Å². The van der Waals surface area contributed by atoms with Gasteiger partial charge in [-0.15, -0.1) is 0 Å². The van der Waals surface area contributed by atoms with E-state index in [0.717, 1.165) is 6.42 Å². The van der Waals surface area contributed by atoms with Crippen LogP contribution in [0.2, 0.25) is 0 Å². The third-order valence-corrected chi connectivity index (χ3v) is 1.82. The molecule has 0 aliphatic rings. The normalized spacial score (nSPS) is 14.7. The lowest BCUT2D eigenvalue weighted by atomic mass is 9.92. The summed E-state index contributed by atoms with van der Waals surface area (Å²) in [5, 5.41) is 11.3. The molecule has 13 heavy (non-hydrogen) atoms. The molecule has 0 saturated carbocycles. The first-order valence-electron chi connectivity index (χ1n) is 4.40. The van der Waals surface area contributed by atoms with Crippen LogP contribution in [-0.4, -0.2) is 22.5 Å². The lowest BCUT2D eigenvalue weighted by Gasteiger charge is -2.28. The number of carbonyl (C=O) groups is 2. The van der Waals surface area contributed by atoms with Crippen LogP contribution in [0.1, 0.15) is 40.0 Å². The first-order valence-corrected chi connectivity index (χ1v) is 4.40. The number of carbonyl (C=O) groups excluding carboxylic acids is 1. The molecule has 0 aromatic rings. The molecule has 0 aliphatic carbocycles. The number of amides is 1. The molecule has 76 valence electrons. The highest BCUT2D eigenvalue weighted by atomic mass is 16.4. The Hall–Kier alpha value is -1.06. The topological polar surface area (TPSA) is 66.4 Å². The molecule has 0 bridgehead atoms. The van der Waals surface area contributed by atoms with Crippen LogP contribution in [0.15, 0.2) is 0 Å². The number of aliphatic carboxylic acids is 1. The van der Waals surface area contributed by atoms with Crippen LogP contribution in [-0.2, 0) is 9.59 Å². The number of hydrogen-bond donors (Lipinski definition) is 2. The van der Waals surface area contributed by atoms with Crippen LogP contribution >= 0.6 is 0 Å². The van der Waals surface area contributed by atoms with Crippen molar-refractivity contribution in [2.45, 2.75) is 45.6 Å². The van der Waals surface area contributed by atoms with Gasteiger partial charge < -0.3 is 10.4 Å². The molecule has 0 rings (SSSR count). The molecule has 4 heteroatoms. The van der Waals surface area contributed by atoms with E-state index >= 15 is 0 Å². The van der Waals surface area contributed by atoms with Gasteiger partial charge in [0.15, 0.2) is 0 Å². The summed E-state index contributed by atoms with van der Waals surface area (Å²) in [6, 6.07) is 0. The zero-order chi connectivity index (χ0) is 10.5. The van der Waals surface area contributed by atoms with E-state index in [9.17, 15) is 9.59 Å². The Balaban J connectivity index is 4.32. The lowest BCUT2D eigenvalue weighted by molar-refractivity contribution is -0.139. The van der Waals surface area contributed by atoms with Gasteiger partial charge in [-0.05, 0) is 13.3 Å². The Morgan fingerprint density at radius 2 is 2.00 bits per heavy atom. The van der Waals surface area contributed by atoms with E-state index in [-0.39, 0.29) is 12.3 Å². The van der Waals surface area contributed by atoms with Gasteiger partial charge in [0, 0.05) is 12.5 Å². The SMILES string of the molecule is CCCC(C)(CC(=O)O)NC(C)=O. The zero-order valence-electron chi connectivity index (χ0n) is 8.39. The summed E-state index contributed by atoms with van der Waals surface area (Å²) in [4.78, 5) is 21.3. The van der Waals surface area contributed by atoms with Crippen molar-refractivity contribution < 1.29 is 14.7 Å². The van der Waals surface area contributed by atoms with Crippen molar-refractivity contribution in [1.29, 1.82) is 0 Å². The molecule has 0 aliphatic heterocycles. The van der Waals surface area contributed by atoms with Crippen LogP contribution < -0.4 is 5.32 Å². The minimum absolute atomic E-state index is 0.0274. The fourth-order valence-corrected chi connectivity index (χ4v) is 1.51. The second-order valence-electron chi connectivity index (χ2n) is 3.56. The fourth-order valence-electron chi connectivity index (χ4n) is 1.51. The maximum atomic E-state index is 10.8. The molecule has 0 saturated heterocycles. The van der Waals surface area contributed by atoms with Crippen molar-refractivity contribution in [2.24, 2.45) is 0 Å². The second-order valence-corrected chi connectivity index (χ2v) is 3.56. The molecule has 0 heterocycles. The Kier molecular flexibility index (Phi) is 4.45. The molecule has 2 N–H and O–H groups in total. The average molecular weight is 187 g/mol. The quantitative estimate of drug-likeness (QED) is 0.678. The second kappa shape index (κ2) is 4.84. The van der Waals surface area contributed by atoms with Gasteiger partial charge in [0.2, 0.25) is 5.91 Å². The van der Waals surface area contributed by atoms with Crippen molar-refractivity contribution in [1.82, 2.24) is 5.32 Å². The van der Waals surface area contributed by atoms with Crippen LogP contribution in [0.3, 0.4) is 0 Å². The lowest BCUT2D eigenvalue weighted by Crippen LogP contribution is -2.46. The van der Waals surface area contributed by atoms with Crippen molar-refractivity contribution in [2.75, 3.05) is 0 Å². The summed E-state index contributed by atoms with van der Waals surface area (Å²) in [6.07, 6.45) is 1.50. The van der Waals surface area contributed by atoms with Gasteiger partial charge in [-0.3, -0.25) is 9.59 Å². The van der Waals surface area contributed by atoms with Gasteiger partial charge in [-0.2, -0.15) is 0 Å². The van der Waals surface area contributed by atoms with Crippen molar-refractivity contribution in [3.05, 3.63) is 0 Å². The first-order chi connectivity index (χ1) is 5.89. The highest BCUT2D eigenvalue weighted by Crippen LogP contribution is 2.16. The summed E-state index contributed by atoms with van der Waals surface area (Å²) in [7, 11) is 0. The smallest absolute Gasteiger partial charge is 0.305 e. The van der Waals surface area contributed by atoms with Crippen LogP contribution in [0.4, 0.5) is 0 Å². The van der Waals surface area contributed by atoms with Crippen molar-refractivity contribution in [3.8, 4) is 0 Å². The van der Waals surface area contributed by atoms with E-state index in [4.69, 9.17) is 5.11 Å². The summed E-state index contributed by atoms with van der Waals surface area (Å²) < 4.78 is 0. The van der Waals surface area contributed by atoms with E-state index in [1.54, 1.807) is 6.92 Å². The highest BCUT2D eigenvalue weighted by Gasteiger charge is 2.26. The largest absolute Gasteiger partial charge is 0.481 e. The molecule has 0 spiro atoms. The number of nitrogens with one attached hydrogen (secondary N) is 1. The van der Waals surface area contributed by atoms with Crippen LogP contribution in [0.5, 0.6) is 0 Å². The molecule has 0 aromatic carbocycles. The standard InChI is InChI=1S/C9H17NO3/c1-4-5-9(3,6-8(12)13)10-7(2)11/h4-6H2,1-3H3,(H,10,11)(H,12,13). The van der Waals surface area contributed by atoms with Crippen molar-refractivity contribution in [3.63, 3.8) is 0 Å². The Bertz CT molecular complexity index is 185. The molecular formula is C9H17NO3.